The molecule has 6 heteroatoms. The zero-order valence-electron chi connectivity index (χ0n) is 10.7. The van der Waals surface area contributed by atoms with Crippen LogP contribution in [-0.2, 0) is 9.84 Å². The van der Waals surface area contributed by atoms with E-state index in [4.69, 9.17) is 0 Å². The summed E-state index contributed by atoms with van der Waals surface area (Å²) in [4.78, 5) is 1.87. The van der Waals surface area contributed by atoms with Gasteiger partial charge < -0.3 is 10.0 Å². The monoisotopic (exact) mass is 335 g/mol. The first-order valence-corrected chi connectivity index (χ1v) is 8.42. The van der Waals surface area contributed by atoms with Crippen molar-refractivity contribution in [2.45, 2.75) is 13.0 Å². The number of rotatable bonds is 5. The summed E-state index contributed by atoms with van der Waals surface area (Å²) < 4.78 is 23.1. The predicted octanol–water partition coefficient (Wildman–Crippen LogP) is 1.98. The molecule has 1 aromatic carbocycles. The van der Waals surface area contributed by atoms with Gasteiger partial charge in [-0.05, 0) is 40.5 Å². The Kier molecular flexibility index (Phi) is 5.19. The van der Waals surface area contributed by atoms with E-state index in [9.17, 15) is 13.5 Å². The fourth-order valence-corrected chi connectivity index (χ4v) is 2.82. The Labute approximate surface area is 117 Å². The van der Waals surface area contributed by atoms with E-state index in [0.717, 1.165) is 15.7 Å². The molecule has 0 saturated carbocycles. The lowest BCUT2D eigenvalue weighted by atomic mass is 10.1. The predicted molar refractivity (Wildman–Crippen MR) is 77.8 cm³/mol. The van der Waals surface area contributed by atoms with Crippen molar-refractivity contribution in [3.05, 3.63) is 28.2 Å². The van der Waals surface area contributed by atoms with Gasteiger partial charge >= 0.3 is 0 Å². The van der Waals surface area contributed by atoms with E-state index in [2.05, 4.69) is 15.9 Å². The van der Waals surface area contributed by atoms with Gasteiger partial charge in [0.2, 0.25) is 0 Å². The molecule has 1 N–H and O–H groups in total. The number of benzene rings is 1. The molecule has 1 atom stereocenters. The molecule has 102 valence electrons. The Morgan fingerprint density at radius 2 is 2.06 bits per heavy atom. The maximum Gasteiger partial charge on any atom is 0.149 e. The van der Waals surface area contributed by atoms with Crippen LogP contribution in [-0.4, -0.2) is 39.1 Å². The summed E-state index contributed by atoms with van der Waals surface area (Å²) in [6, 6.07) is 5.55. The minimum Gasteiger partial charge on any atom is -0.389 e. The molecular weight excluding hydrogens is 318 g/mol. The number of nitrogens with zero attached hydrogens (tertiary/aromatic N) is 1. The zero-order valence-corrected chi connectivity index (χ0v) is 13.1. The molecule has 0 aromatic heterocycles. The molecule has 0 amide bonds. The summed E-state index contributed by atoms with van der Waals surface area (Å²) in [5.41, 5.74) is 1.73. The Balaban J connectivity index is 2.84. The third-order valence-corrected chi connectivity index (χ3v) is 4.22. The molecule has 0 saturated heterocycles. The highest BCUT2D eigenvalue weighted by Crippen LogP contribution is 2.28. The van der Waals surface area contributed by atoms with Crippen LogP contribution in [0.3, 0.4) is 0 Å². The van der Waals surface area contributed by atoms with Crippen LogP contribution in [0.1, 0.15) is 18.6 Å². The van der Waals surface area contributed by atoms with E-state index in [1.165, 1.54) is 6.26 Å². The minimum absolute atomic E-state index is 0.119. The van der Waals surface area contributed by atoms with Gasteiger partial charge in [0, 0.05) is 24.3 Å². The van der Waals surface area contributed by atoms with Crippen LogP contribution in [0.25, 0.3) is 0 Å². The first-order valence-electron chi connectivity index (χ1n) is 5.57. The van der Waals surface area contributed by atoms with Gasteiger partial charge in [-0.3, -0.25) is 0 Å². The number of hydrogen-bond acceptors (Lipinski definition) is 4. The van der Waals surface area contributed by atoms with Gasteiger partial charge in [0.1, 0.15) is 9.84 Å². The standard InChI is InChI=1S/C12H18BrNO3S/c1-9(15)10-4-5-12(11(13)8-10)14(2)6-7-18(3,16)17/h4-5,8-9,15H,6-7H2,1-3H3/t9-/m1/s1. The van der Waals surface area contributed by atoms with Crippen molar-refractivity contribution in [1.29, 1.82) is 0 Å². The molecule has 18 heavy (non-hydrogen) atoms. The second-order valence-corrected chi connectivity index (χ2v) is 7.55. The van der Waals surface area contributed by atoms with Crippen LogP contribution >= 0.6 is 15.9 Å². The third-order valence-electron chi connectivity index (χ3n) is 2.66. The number of anilines is 1. The average molecular weight is 336 g/mol. The van der Waals surface area contributed by atoms with E-state index < -0.39 is 15.9 Å². The van der Waals surface area contributed by atoms with E-state index in [0.29, 0.717) is 6.54 Å². The highest BCUT2D eigenvalue weighted by molar-refractivity contribution is 9.10. The Bertz CT molecular complexity index is 514. The molecule has 0 aliphatic heterocycles. The van der Waals surface area contributed by atoms with Crippen LogP contribution in [0.4, 0.5) is 5.69 Å². The smallest absolute Gasteiger partial charge is 0.149 e. The lowest BCUT2D eigenvalue weighted by Crippen LogP contribution is -2.25. The van der Waals surface area contributed by atoms with Crippen molar-refractivity contribution in [2.24, 2.45) is 0 Å². The van der Waals surface area contributed by atoms with Crippen molar-refractivity contribution in [3.8, 4) is 0 Å². The highest BCUT2D eigenvalue weighted by atomic mass is 79.9. The van der Waals surface area contributed by atoms with Gasteiger partial charge in [-0.1, -0.05) is 6.07 Å². The Morgan fingerprint density at radius 3 is 2.50 bits per heavy atom. The molecule has 4 nitrogen and oxygen atoms in total. The van der Waals surface area contributed by atoms with Crippen molar-refractivity contribution in [2.75, 3.05) is 30.5 Å². The molecule has 0 radical (unpaired) electrons. The van der Waals surface area contributed by atoms with E-state index in [1.807, 2.05) is 30.1 Å². The quantitative estimate of drug-likeness (QED) is 0.893. The van der Waals surface area contributed by atoms with E-state index in [1.54, 1.807) is 6.92 Å². The van der Waals surface area contributed by atoms with Crippen LogP contribution in [0.2, 0.25) is 0 Å². The summed E-state index contributed by atoms with van der Waals surface area (Å²) in [7, 11) is -1.12. The molecule has 0 aliphatic rings. The fraction of sp³-hybridized carbons (Fsp3) is 0.500. The molecule has 0 bridgehead atoms. The zero-order chi connectivity index (χ0) is 13.9. The maximum absolute atomic E-state index is 11.1. The summed E-state index contributed by atoms with van der Waals surface area (Å²) in [5, 5.41) is 9.47. The summed E-state index contributed by atoms with van der Waals surface area (Å²) >= 11 is 3.43. The lowest BCUT2D eigenvalue weighted by Gasteiger charge is -2.21. The number of sulfone groups is 1. The van der Waals surface area contributed by atoms with Crippen molar-refractivity contribution in [1.82, 2.24) is 0 Å². The van der Waals surface area contributed by atoms with Crippen molar-refractivity contribution < 1.29 is 13.5 Å². The van der Waals surface area contributed by atoms with Crippen molar-refractivity contribution >= 4 is 31.5 Å². The van der Waals surface area contributed by atoms with Crippen LogP contribution < -0.4 is 4.90 Å². The fourth-order valence-electron chi connectivity index (χ4n) is 1.52. The number of halogens is 1. The van der Waals surface area contributed by atoms with Gasteiger partial charge in [0.15, 0.2) is 0 Å². The molecular formula is C12H18BrNO3S. The van der Waals surface area contributed by atoms with Gasteiger partial charge in [-0.25, -0.2) is 8.42 Å². The minimum atomic E-state index is -2.96. The first-order chi connectivity index (χ1) is 8.20. The first kappa shape index (κ1) is 15.5. The average Bonchev–Trinajstić information content (AvgIpc) is 2.24. The summed E-state index contributed by atoms with van der Waals surface area (Å²) in [6.07, 6.45) is 0.712. The van der Waals surface area contributed by atoms with Crippen LogP contribution in [0, 0.1) is 0 Å². The lowest BCUT2D eigenvalue weighted by molar-refractivity contribution is 0.199. The Hall–Kier alpha value is -0.590. The Morgan fingerprint density at radius 1 is 1.44 bits per heavy atom. The number of hydrogen-bond donors (Lipinski definition) is 1. The van der Waals surface area contributed by atoms with Crippen LogP contribution in [0.5, 0.6) is 0 Å². The third kappa shape index (κ3) is 4.59. The molecule has 0 spiro atoms. The van der Waals surface area contributed by atoms with Gasteiger partial charge in [-0.15, -0.1) is 0 Å². The number of aliphatic hydroxyl groups excluding tert-OH is 1. The highest BCUT2D eigenvalue weighted by Gasteiger charge is 2.11. The molecule has 0 aliphatic carbocycles. The second kappa shape index (κ2) is 6.04. The van der Waals surface area contributed by atoms with Crippen molar-refractivity contribution in [3.63, 3.8) is 0 Å². The van der Waals surface area contributed by atoms with Crippen LogP contribution in [0.15, 0.2) is 22.7 Å². The molecule has 1 aromatic rings. The van der Waals surface area contributed by atoms with Gasteiger partial charge in [0.05, 0.1) is 17.5 Å². The summed E-state index contributed by atoms with van der Waals surface area (Å²) in [6.45, 7) is 2.14. The molecule has 0 unspecified atom stereocenters. The summed E-state index contributed by atoms with van der Waals surface area (Å²) in [5.74, 6) is 0.119. The maximum atomic E-state index is 11.1. The topological polar surface area (TPSA) is 57.6 Å². The van der Waals surface area contributed by atoms with E-state index >= 15 is 0 Å². The molecule has 1 rings (SSSR count). The largest absolute Gasteiger partial charge is 0.389 e. The normalized spacial score (nSPS) is 13.4. The molecule has 0 heterocycles. The second-order valence-electron chi connectivity index (χ2n) is 4.44. The van der Waals surface area contributed by atoms with Gasteiger partial charge in [0.25, 0.3) is 0 Å². The van der Waals surface area contributed by atoms with E-state index in [-0.39, 0.29) is 5.75 Å². The SMILES string of the molecule is C[C@@H](O)c1ccc(N(C)CCS(C)(=O)=O)c(Br)c1. The van der Waals surface area contributed by atoms with Gasteiger partial charge in [-0.2, -0.15) is 0 Å². The molecule has 0 fully saturated rings. The number of aliphatic hydroxyl groups is 1.